The Kier molecular flexibility index (Phi) is 4.99. The Morgan fingerprint density at radius 2 is 1.93 bits per heavy atom. The van der Waals surface area contributed by atoms with Gasteiger partial charge in [0.15, 0.2) is 5.82 Å². The first-order valence-corrected chi connectivity index (χ1v) is 14.0. The molecular formula is C33H32N6O3. The Hall–Kier alpha value is -4.71. The number of imidazole rings is 1. The van der Waals surface area contributed by atoms with E-state index in [-0.39, 0.29) is 6.04 Å². The largest absolute Gasteiger partial charge is 0.444 e. The molecule has 2 aromatic heterocycles. The molecule has 9 heteroatoms. The highest BCUT2D eigenvalue weighted by Gasteiger charge is 2.49. The summed E-state index contributed by atoms with van der Waals surface area (Å²) in [6, 6.07) is 10.1. The number of benzene rings is 2. The predicted octanol–water partition coefficient (Wildman–Crippen LogP) is 5.50. The van der Waals surface area contributed by atoms with Crippen molar-refractivity contribution in [3.05, 3.63) is 77.1 Å². The first kappa shape index (κ1) is 22.9. The van der Waals surface area contributed by atoms with Gasteiger partial charge >= 0.3 is 6.09 Å². The molecule has 7 rings (SSSR count). The smallest absolute Gasteiger partial charge is 0.408 e. The second-order valence-electron chi connectivity index (χ2n) is 12.1. The van der Waals surface area contributed by atoms with Crippen molar-refractivity contribution in [2.45, 2.75) is 70.2 Å². The average molecular weight is 564 g/mol. The SMILES string of the molecule is [2H]C([2H])([2H])N1C(=O)c2cccc(C#CC)c2[C@H]2C[C@@H]1c1nc3ccc(-c4cnc(C5(NC(=O)OC(C)(C)C)CC5)nc4)cc3n12. The molecule has 1 saturated carbocycles. The van der Waals surface area contributed by atoms with Crippen LogP contribution in [0.4, 0.5) is 4.79 Å². The van der Waals surface area contributed by atoms with E-state index in [2.05, 4.69) is 31.7 Å². The van der Waals surface area contributed by atoms with Crippen LogP contribution in [0.1, 0.15) is 96.3 Å². The molecule has 2 aliphatic heterocycles. The number of ether oxygens (including phenoxy) is 1. The second kappa shape index (κ2) is 9.15. The Morgan fingerprint density at radius 1 is 1.14 bits per heavy atom. The van der Waals surface area contributed by atoms with E-state index in [1.165, 1.54) is 0 Å². The number of nitrogens with one attached hydrogen (secondary N) is 1. The molecule has 0 radical (unpaired) electrons. The Labute approximate surface area is 248 Å². The molecule has 2 bridgehead atoms. The molecule has 2 aromatic carbocycles. The van der Waals surface area contributed by atoms with Crippen molar-refractivity contribution in [1.82, 2.24) is 29.7 Å². The van der Waals surface area contributed by atoms with Gasteiger partial charge in [-0.15, -0.1) is 5.92 Å². The average Bonchev–Trinajstić information content (AvgIpc) is 3.55. The van der Waals surface area contributed by atoms with Crippen molar-refractivity contribution in [2.24, 2.45) is 0 Å². The fourth-order valence-electron chi connectivity index (χ4n) is 6.12. The maximum Gasteiger partial charge on any atom is 0.408 e. The first-order valence-electron chi connectivity index (χ1n) is 15.5. The molecule has 2 amide bonds. The predicted molar refractivity (Wildman–Crippen MR) is 158 cm³/mol. The van der Waals surface area contributed by atoms with Crippen LogP contribution >= 0.6 is 0 Å². The van der Waals surface area contributed by atoms with Gasteiger partial charge in [0.2, 0.25) is 0 Å². The molecule has 42 heavy (non-hydrogen) atoms. The zero-order valence-corrected chi connectivity index (χ0v) is 23.9. The number of hydrogen-bond donors (Lipinski definition) is 1. The monoisotopic (exact) mass is 563 g/mol. The zero-order chi connectivity index (χ0) is 31.9. The lowest BCUT2D eigenvalue weighted by Crippen LogP contribution is -2.40. The Morgan fingerprint density at radius 3 is 2.62 bits per heavy atom. The van der Waals surface area contributed by atoms with E-state index in [0.717, 1.165) is 39.9 Å². The zero-order valence-electron chi connectivity index (χ0n) is 26.9. The van der Waals surface area contributed by atoms with E-state index in [9.17, 15) is 9.59 Å². The lowest BCUT2D eigenvalue weighted by Gasteiger charge is -2.24. The minimum atomic E-state index is -2.66. The molecule has 0 spiro atoms. The van der Waals surface area contributed by atoms with Crippen molar-refractivity contribution in [3.63, 3.8) is 0 Å². The van der Waals surface area contributed by atoms with Gasteiger partial charge in [0.25, 0.3) is 5.91 Å². The number of alkyl carbamates (subject to hydrolysis) is 1. The number of carbonyl (C=O) groups is 2. The highest BCUT2D eigenvalue weighted by Crippen LogP contribution is 2.48. The van der Waals surface area contributed by atoms with E-state index in [1.807, 2.05) is 45.0 Å². The molecule has 4 heterocycles. The summed E-state index contributed by atoms with van der Waals surface area (Å²) >= 11 is 0. The van der Waals surface area contributed by atoms with E-state index < -0.39 is 36.2 Å². The molecule has 9 nitrogen and oxygen atoms in total. The fraction of sp³-hybridized carbons (Fsp3) is 0.364. The molecule has 2 atom stereocenters. The summed E-state index contributed by atoms with van der Waals surface area (Å²) in [5.41, 5.74) is 3.66. The summed E-state index contributed by atoms with van der Waals surface area (Å²) < 4.78 is 32.3. The van der Waals surface area contributed by atoms with E-state index >= 15 is 0 Å². The summed E-state index contributed by atoms with van der Waals surface area (Å²) in [5.74, 6) is 6.60. The molecule has 0 saturated heterocycles. The minimum absolute atomic E-state index is 0.333. The molecule has 3 aliphatic rings. The van der Waals surface area contributed by atoms with Crippen LogP contribution in [0.25, 0.3) is 22.2 Å². The lowest BCUT2D eigenvalue weighted by molar-refractivity contribution is 0.0492. The molecule has 0 unspecified atom stereocenters. The fourth-order valence-corrected chi connectivity index (χ4v) is 6.12. The third kappa shape index (κ3) is 4.13. The van der Waals surface area contributed by atoms with Crippen LogP contribution in [0, 0.1) is 11.8 Å². The van der Waals surface area contributed by atoms with Crippen LogP contribution in [0.15, 0.2) is 48.8 Å². The summed E-state index contributed by atoms with van der Waals surface area (Å²) in [6.07, 6.45) is 4.82. The van der Waals surface area contributed by atoms with E-state index in [4.69, 9.17) is 13.8 Å². The van der Waals surface area contributed by atoms with Gasteiger partial charge in [-0.3, -0.25) is 4.79 Å². The summed E-state index contributed by atoms with van der Waals surface area (Å²) in [5, 5.41) is 2.94. The van der Waals surface area contributed by atoms with Crippen LogP contribution in [-0.2, 0) is 10.3 Å². The highest BCUT2D eigenvalue weighted by atomic mass is 16.6. The van der Waals surface area contributed by atoms with Gasteiger partial charge in [-0.1, -0.05) is 18.1 Å². The van der Waals surface area contributed by atoms with Gasteiger partial charge in [0.05, 0.1) is 23.1 Å². The van der Waals surface area contributed by atoms with Gasteiger partial charge in [-0.2, -0.15) is 0 Å². The van der Waals surface area contributed by atoms with Gasteiger partial charge in [0.1, 0.15) is 17.0 Å². The summed E-state index contributed by atoms with van der Waals surface area (Å²) in [4.78, 5) is 41.3. The van der Waals surface area contributed by atoms with Crippen molar-refractivity contribution < 1.29 is 18.4 Å². The van der Waals surface area contributed by atoms with Gasteiger partial charge in [-0.05, 0) is 70.4 Å². The molecule has 1 fully saturated rings. The first-order chi connectivity index (χ1) is 21.3. The quantitative estimate of drug-likeness (QED) is 0.331. The van der Waals surface area contributed by atoms with Crippen LogP contribution < -0.4 is 5.32 Å². The standard InChI is InChI=1S/C33H32N6O3/c1-6-8-19-9-7-10-22-27(19)25-16-26(38(5)29(22)40)28-36-23-12-11-20(15-24(23)39(25)28)21-17-34-30(35-18-21)33(13-14-33)37-31(41)42-32(2,3)4/h7,9-12,15,17-18,25-26H,13-14,16H2,1-5H3,(H,37,41)/t25-,26-/m1/s1/i5D3. The summed E-state index contributed by atoms with van der Waals surface area (Å²) in [6.45, 7) is 4.53. The molecule has 1 aliphatic carbocycles. The summed E-state index contributed by atoms with van der Waals surface area (Å²) in [7, 11) is 0. The third-order valence-electron chi connectivity index (χ3n) is 8.14. The van der Waals surface area contributed by atoms with Gasteiger partial charge in [0, 0.05) is 52.2 Å². The van der Waals surface area contributed by atoms with E-state index in [0.29, 0.717) is 34.7 Å². The minimum Gasteiger partial charge on any atom is -0.444 e. The maximum atomic E-state index is 13.8. The number of aromatic nitrogens is 4. The Balaban J connectivity index is 1.29. The number of rotatable bonds is 3. The number of fused-ring (bicyclic) bond motifs is 9. The maximum absolute atomic E-state index is 13.8. The van der Waals surface area contributed by atoms with Crippen LogP contribution in [0.3, 0.4) is 0 Å². The number of carbonyl (C=O) groups excluding carboxylic acids is 2. The molecule has 4 aromatic rings. The highest BCUT2D eigenvalue weighted by molar-refractivity contribution is 5.98. The number of amides is 2. The molecule has 1 N–H and O–H groups in total. The Bertz CT molecular complexity index is 1940. The van der Waals surface area contributed by atoms with Crippen LogP contribution in [0.5, 0.6) is 0 Å². The van der Waals surface area contributed by atoms with Crippen LogP contribution in [-0.4, -0.2) is 49.0 Å². The van der Waals surface area contributed by atoms with Crippen LogP contribution in [0.2, 0.25) is 0 Å². The third-order valence-corrected chi connectivity index (χ3v) is 8.14. The number of nitrogens with zero attached hydrogens (tertiary/aromatic N) is 5. The van der Waals surface area contributed by atoms with Crippen molar-refractivity contribution in [3.8, 4) is 23.0 Å². The van der Waals surface area contributed by atoms with Gasteiger partial charge in [-0.25, -0.2) is 19.7 Å². The number of hydrogen-bond acceptors (Lipinski definition) is 6. The molecule has 212 valence electrons. The second-order valence-corrected chi connectivity index (χ2v) is 12.1. The van der Waals surface area contributed by atoms with E-state index in [1.54, 1.807) is 31.5 Å². The topological polar surface area (TPSA) is 102 Å². The normalized spacial score (nSPS) is 21.2. The van der Waals surface area contributed by atoms with Gasteiger partial charge < -0.3 is 19.5 Å². The van der Waals surface area contributed by atoms with Crippen molar-refractivity contribution >= 4 is 23.0 Å². The lowest BCUT2D eigenvalue weighted by atomic mass is 9.93. The van der Waals surface area contributed by atoms with Crippen molar-refractivity contribution in [1.29, 1.82) is 0 Å². The van der Waals surface area contributed by atoms with Crippen molar-refractivity contribution in [2.75, 3.05) is 6.98 Å². The molecular weight excluding hydrogens is 528 g/mol.